The van der Waals surface area contributed by atoms with Crippen molar-refractivity contribution in [3.8, 4) is 0 Å². The van der Waals surface area contributed by atoms with E-state index in [-0.39, 0.29) is 5.56 Å². The van der Waals surface area contributed by atoms with Crippen molar-refractivity contribution < 1.29 is 0 Å². The number of nitrogens with one attached hydrogen (secondary N) is 3. The smallest absolute Gasteiger partial charge is 0.276 e. The van der Waals surface area contributed by atoms with Crippen molar-refractivity contribution in [3.63, 3.8) is 0 Å². The Morgan fingerprint density at radius 1 is 1.24 bits per heavy atom. The predicted molar refractivity (Wildman–Crippen MR) is 82.1 cm³/mol. The zero-order valence-electron chi connectivity index (χ0n) is 10.9. The minimum absolute atomic E-state index is 0.270. The summed E-state index contributed by atoms with van der Waals surface area (Å²) in [6.07, 6.45) is 6.63. The van der Waals surface area contributed by atoms with Gasteiger partial charge in [-0.15, -0.1) is 0 Å². The summed E-state index contributed by atoms with van der Waals surface area (Å²) in [5, 5.41) is 3.99. The molecule has 0 aliphatic heterocycles. The third-order valence-electron chi connectivity index (χ3n) is 2.71. The molecule has 0 aliphatic rings. The third-order valence-corrected chi connectivity index (χ3v) is 2.71. The van der Waals surface area contributed by atoms with E-state index >= 15 is 0 Å². The number of aromatic nitrogens is 4. The number of imidazole rings is 1. The van der Waals surface area contributed by atoms with Gasteiger partial charge in [0, 0.05) is 6.21 Å². The van der Waals surface area contributed by atoms with Crippen molar-refractivity contribution in [2.45, 2.75) is 0 Å². The van der Waals surface area contributed by atoms with Crippen LogP contribution in [0.4, 0.5) is 5.95 Å². The highest BCUT2D eigenvalue weighted by Crippen LogP contribution is 2.06. The Morgan fingerprint density at radius 3 is 2.90 bits per heavy atom. The van der Waals surface area contributed by atoms with Crippen LogP contribution in [0, 0.1) is 0 Å². The lowest BCUT2D eigenvalue weighted by atomic mass is 10.2. The fourth-order valence-electron chi connectivity index (χ4n) is 1.75. The zero-order chi connectivity index (χ0) is 14.5. The van der Waals surface area contributed by atoms with E-state index in [2.05, 4.69) is 30.5 Å². The van der Waals surface area contributed by atoms with E-state index < -0.39 is 0 Å². The Balaban J connectivity index is 1.66. The lowest BCUT2D eigenvalue weighted by molar-refractivity contribution is 1.15. The lowest BCUT2D eigenvalue weighted by Crippen LogP contribution is -2.05. The number of anilines is 1. The highest BCUT2D eigenvalue weighted by Gasteiger charge is 2.05. The molecular formula is C14H12N6O. The number of aromatic amines is 2. The van der Waals surface area contributed by atoms with Gasteiger partial charge >= 0.3 is 0 Å². The number of rotatable bonds is 4. The number of fused-ring (bicyclic) bond motifs is 1. The van der Waals surface area contributed by atoms with Gasteiger partial charge in [-0.1, -0.05) is 36.4 Å². The summed E-state index contributed by atoms with van der Waals surface area (Å²) >= 11 is 0. The highest BCUT2D eigenvalue weighted by atomic mass is 16.1. The van der Waals surface area contributed by atoms with Gasteiger partial charge in [0.25, 0.3) is 5.56 Å². The van der Waals surface area contributed by atoms with Crippen molar-refractivity contribution in [2.24, 2.45) is 5.10 Å². The molecule has 0 amide bonds. The highest BCUT2D eigenvalue weighted by molar-refractivity contribution is 5.79. The number of H-pyrrole nitrogens is 2. The second-order valence-corrected chi connectivity index (χ2v) is 4.18. The summed E-state index contributed by atoms with van der Waals surface area (Å²) < 4.78 is 0. The van der Waals surface area contributed by atoms with E-state index in [9.17, 15) is 4.79 Å². The number of benzene rings is 1. The lowest BCUT2D eigenvalue weighted by Gasteiger charge is -1.91. The molecule has 2 heterocycles. The van der Waals surface area contributed by atoms with Crippen LogP contribution < -0.4 is 11.0 Å². The molecule has 0 spiro atoms. The SMILES string of the molecule is O=c1[nH]cnc2nc(NN=CC=Cc3ccccc3)[nH]c12. The van der Waals surface area contributed by atoms with Gasteiger partial charge in [0.2, 0.25) is 5.95 Å². The summed E-state index contributed by atoms with van der Waals surface area (Å²) in [5.41, 5.74) is 4.18. The molecule has 21 heavy (non-hydrogen) atoms. The Morgan fingerprint density at radius 2 is 2.10 bits per heavy atom. The van der Waals surface area contributed by atoms with Crippen LogP contribution in [-0.2, 0) is 0 Å². The fourth-order valence-corrected chi connectivity index (χ4v) is 1.75. The third kappa shape index (κ3) is 3.03. The molecule has 0 aliphatic carbocycles. The predicted octanol–water partition coefficient (Wildman–Crippen LogP) is 1.76. The largest absolute Gasteiger partial charge is 0.317 e. The molecule has 0 atom stereocenters. The van der Waals surface area contributed by atoms with Crippen LogP contribution in [-0.4, -0.2) is 26.2 Å². The van der Waals surface area contributed by atoms with Gasteiger partial charge in [-0.2, -0.15) is 10.1 Å². The molecule has 3 rings (SSSR count). The Hall–Kier alpha value is -3.22. The fraction of sp³-hybridized carbons (Fsp3) is 0. The molecule has 0 saturated heterocycles. The van der Waals surface area contributed by atoms with Crippen LogP contribution in [0.3, 0.4) is 0 Å². The topological polar surface area (TPSA) is 98.8 Å². The first-order valence-corrected chi connectivity index (χ1v) is 6.27. The van der Waals surface area contributed by atoms with E-state index in [0.29, 0.717) is 17.1 Å². The van der Waals surface area contributed by atoms with E-state index in [4.69, 9.17) is 0 Å². The van der Waals surface area contributed by atoms with Crippen LogP contribution in [0.25, 0.3) is 17.2 Å². The maximum Gasteiger partial charge on any atom is 0.276 e. The van der Waals surface area contributed by atoms with Crippen LogP contribution in [0.15, 0.2) is 52.6 Å². The number of allylic oxidation sites excluding steroid dienone is 1. The molecule has 3 aromatic rings. The molecular weight excluding hydrogens is 268 g/mol. The van der Waals surface area contributed by atoms with Crippen molar-refractivity contribution in [3.05, 3.63) is 58.7 Å². The Labute approximate surface area is 119 Å². The van der Waals surface area contributed by atoms with E-state index in [1.165, 1.54) is 6.33 Å². The summed E-state index contributed by atoms with van der Waals surface area (Å²) in [7, 11) is 0. The first-order chi connectivity index (χ1) is 10.3. The molecule has 0 radical (unpaired) electrons. The second kappa shape index (κ2) is 5.83. The van der Waals surface area contributed by atoms with Crippen molar-refractivity contribution in [1.82, 2.24) is 19.9 Å². The van der Waals surface area contributed by atoms with E-state index in [1.54, 1.807) is 12.3 Å². The van der Waals surface area contributed by atoms with Crippen LogP contribution >= 0.6 is 0 Å². The molecule has 0 unspecified atom stereocenters. The average Bonchev–Trinajstić information content (AvgIpc) is 2.92. The first kappa shape index (κ1) is 12.8. The molecule has 7 nitrogen and oxygen atoms in total. The van der Waals surface area contributed by atoms with E-state index in [1.807, 2.05) is 36.4 Å². The van der Waals surface area contributed by atoms with Gasteiger partial charge in [-0.3, -0.25) is 4.79 Å². The summed E-state index contributed by atoms with van der Waals surface area (Å²) in [5.74, 6) is 0.360. The standard InChI is InChI=1S/C14H12N6O/c21-13-11-12(15-9-16-13)19-14(18-11)20-17-8-4-7-10-5-2-1-3-6-10/h1-9H,(H3,15,16,18,19,20,21). The minimum atomic E-state index is -0.270. The molecule has 0 saturated carbocycles. The Bertz CT molecular complexity index is 847. The Kier molecular flexibility index (Phi) is 3.55. The molecule has 7 heteroatoms. The number of hydrogen-bond acceptors (Lipinski definition) is 5. The second-order valence-electron chi connectivity index (χ2n) is 4.18. The van der Waals surface area contributed by atoms with E-state index in [0.717, 1.165) is 5.56 Å². The van der Waals surface area contributed by atoms with Crippen molar-refractivity contribution in [2.75, 3.05) is 5.43 Å². The van der Waals surface area contributed by atoms with Gasteiger partial charge < -0.3 is 9.97 Å². The van der Waals surface area contributed by atoms with Crippen molar-refractivity contribution >= 4 is 29.4 Å². The van der Waals surface area contributed by atoms with Crippen LogP contribution in [0.2, 0.25) is 0 Å². The number of hydrogen-bond donors (Lipinski definition) is 3. The quantitative estimate of drug-likeness (QED) is 0.501. The van der Waals surface area contributed by atoms with Crippen molar-refractivity contribution in [1.29, 1.82) is 0 Å². The van der Waals surface area contributed by atoms with Gasteiger partial charge in [0.1, 0.15) is 0 Å². The molecule has 3 N–H and O–H groups in total. The average molecular weight is 280 g/mol. The van der Waals surface area contributed by atoms with Gasteiger partial charge in [-0.05, 0) is 11.6 Å². The summed E-state index contributed by atoms with van der Waals surface area (Å²) in [6, 6.07) is 9.89. The van der Waals surface area contributed by atoms with Crippen LogP contribution in [0.1, 0.15) is 5.56 Å². The van der Waals surface area contributed by atoms with Gasteiger partial charge in [0.15, 0.2) is 11.2 Å². The van der Waals surface area contributed by atoms with Gasteiger partial charge in [0.05, 0.1) is 6.33 Å². The normalized spacial score (nSPS) is 11.6. The molecule has 104 valence electrons. The maximum atomic E-state index is 11.5. The molecule has 2 aromatic heterocycles. The zero-order valence-corrected chi connectivity index (χ0v) is 10.9. The number of nitrogens with zero attached hydrogens (tertiary/aromatic N) is 3. The maximum absolute atomic E-state index is 11.5. The first-order valence-electron chi connectivity index (χ1n) is 6.27. The monoisotopic (exact) mass is 280 g/mol. The number of hydrazone groups is 1. The minimum Gasteiger partial charge on any atom is -0.317 e. The summed E-state index contributed by atoms with van der Waals surface area (Å²) in [6.45, 7) is 0. The van der Waals surface area contributed by atoms with Gasteiger partial charge in [-0.25, -0.2) is 10.4 Å². The summed E-state index contributed by atoms with van der Waals surface area (Å²) in [4.78, 5) is 24.8. The molecule has 0 bridgehead atoms. The van der Waals surface area contributed by atoms with Crippen LogP contribution in [0.5, 0.6) is 0 Å². The molecule has 0 fully saturated rings. The molecule has 1 aromatic carbocycles.